The molecule has 2 N–H and O–H groups in total. The highest BCUT2D eigenvalue weighted by Crippen LogP contribution is 2.35. The molecule has 0 aliphatic heterocycles. The van der Waals surface area contributed by atoms with Gasteiger partial charge in [0.2, 0.25) is 0 Å². The normalized spacial score (nSPS) is 12.9. The first-order valence-corrected chi connectivity index (χ1v) is 6.88. The third kappa shape index (κ3) is 2.13. The number of benzene rings is 2. The third-order valence-corrected chi connectivity index (χ3v) is 3.76. The molecule has 0 amide bonds. The van der Waals surface area contributed by atoms with Crippen LogP contribution in [-0.2, 0) is 0 Å². The first kappa shape index (κ1) is 13.8. The molecule has 1 aliphatic rings. The van der Waals surface area contributed by atoms with Crippen molar-refractivity contribution >= 4 is 28.9 Å². The molecule has 2 aromatic rings. The number of halogens is 1. The monoisotopic (exact) mass is 301 g/mol. The maximum absolute atomic E-state index is 12.7. The van der Waals surface area contributed by atoms with E-state index < -0.39 is 0 Å². The molecule has 1 aliphatic carbocycles. The average molecular weight is 302 g/mol. The van der Waals surface area contributed by atoms with Crippen molar-refractivity contribution in [1.29, 1.82) is 0 Å². The van der Waals surface area contributed by atoms with Gasteiger partial charge in [-0.15, -0.1) is 0 Å². The number of nitrogens with one attached hydrogen (secondary N) is 1. The van der Waals surface area contributed by atoms with Gasteiger partial charge in [-0.25, -0.2) is 0 Å². The Labute approximate surface area is 126 Å². The van der Waals surface area contributed by atoms with Gasteiger partial charge in [0, 0.05) is 23.4 Å². The summed E-state index contributed by atoms with van der Waals surface area (Å²) in [5, 5.41) is 12.1. The topological polar surface area (TPSA) is 66.4 Å². The number of hydrogen-bond acceptors (Lipinski definition) is 4. The second-order valence-electron chi connectivity index (χ2n) is 4.70. The van der Waals surface area contributed by atoms with Crippen molar-refractivity contribution in [3.8, 4) is 0 Å². The summed E-state index contributed by atoms with van der Waals surface area (Å²) >= 11 is 6.09. The molecule has 0 atom stereocenters. The Balaban J connectivity index is 2.21. The zero-order chi connectivity index (χ0) is 15.0. The van der Waals surface area contributed by atoms with Crippen molar-refractivity contribution in [1.82, 2.24) is 0 Å². The highest BCUT2D eigenvalue weighted by Gasteiger charge is 2.32. The number of fused-ring (bicyclic) bond motifs is 2. The van der Waals surface area contributed by atoms with Crippen LogP contribution >= 0.6 is 11.6 Å². The van der Waals surface area contributed by atoms with Crippen LogP contribution in [0.25, 0.3) is 0 Å². The quantitative estimate of drug-likeness (QED) is 0.780. The lowest BCUT2D eigenvalue weighted by Gasteiger charge is -2.21. The summed E-state index contributed by atoms with van der Waals surface area (Å²) in [4.78, 5) is 25.3. The zero-order valence-electron chi connectivity index (χ0n) is 11.0. The predicted molar refractivity (Wildman–Crippen MR) is 80.3 cm³/mol. The van der Waals surface area contributed by atoms with Gasteiger partial charge in [-0.3, -0.25) is 9.59 Å². The molecular formula is C16H12ClNO3. The molecule has 0 heterocycles. The minimum Gasteiger partial charge on any atom is -0.395 e. The molecule has 0 aromatic heterocycles. The molecule has 0 bridgehead atoms. The molecular weight excluding hydrogens is 290 g/mol. The molecule has 2 aromatic carbocycles. The van der Waals surface area contributed by atoms with Crippen LogP contribution < -0.4 is 5.32 Å². The van der Waals surface area contributed by atoms with Crippen LogP contribution in [0.4, 0.5) is 5.69 Å². The maximum atomic E-state index is 12.7. The lowest BCUT2D eigenvalue weighted by atomic mass is 9.83. The average Bonchev–Trinajstić information content (AvgIpc) is 2.50. The number of carbonyl (C=O) groups is 2. The van der Waals surface area contributed by atoms with Crippen LogP contribution in [0.15, 0.2) is 36.4 Å². The van der Waals surface area contributed by atoms with E-state index >= 15 is 0 Å². The Morgan fingerprint density at radius 3 is 2.33 bits per heavy atom. The van der Waals surface area contributed by atoms with Crippen molar-refractivity contribution < 1.29 is 14.7 Å². The summed E-state index contributed by atoms with van der Waals surface area (Å²) in [7, 11) is 0. The summed E-state index contributed by atoms with van der Waals surface area (Å²) in [6.45, 7) is 0.233. The van der Waals surface area contributed by atoms with Gasteiger partial charge in [-0.2, -0.15) is 0 Å². The van der Waals surface area contributed by atoms with Crippen LogP contribution in [0.2, 0.25) is 5.02 Å². The van der Waals surface area contributed by atoms with Crippen LogP contribution in [0.1, 0.15) is 31.8 Å². The Morgan fingerprint density at radius 1 is 0.952 bits per heavy atom. The third-order valence-electron chi connectivity index (χ3n) is 3.45. The Hall–Kier alpha value is -2.17. The summed E-state index contributed by atoms with van der Waals surface area (Å²) < 4.78 is 0. The summed E-state index contributed by atoms with van der Waals surface area (Å²) in [5.41, 5.74) is 1.79. The fourth-order valence-corrected chi connectivity index (χ4v) is 2.80. The van der Waals surface area contributed by atoms with E-state index in [1.807, 2.05) is 0 Å². The van der Waals surface area contributed by atoms with Gasteiger partial charge in [0.05, 0.1) is 22.8 Å². The van der Waals surface area contributed by atoms with E-state index in [-0.39, 0.29) is 28.8 Å². The van der Waals surface area contributed by atoms with Gasteiger partial charge >= 0.3 is 0 Å². The first-order chi connectivity index (χ1) is 10.1. The predicted octanol–water partition coefficient (Wildman–Crippen LogP) is 2.52. The number of anilines is 1. The van der Waals surface area contributed by atoms with E-state index in [1.54, 1.807) is 36.4 Å². The van der Waals surface area contributed by atoms with Crippen molar-refractivity contribution in [2.75, 3.05) is 18.5 Å². The highest BCUT2D eigenvalue weighted by molar-refractivity contribution is 6.39. The van der Waals surface area contributed by atoms with E-state index in [1.165, 1.54) is 0 Å². The van der Waals surface area contributed by atoms with Crippen LogP contribution in [0.5, 0.6) is 0 Å². The number of aliphatic hydroxyl groups excluding tert-OH is 1. The molecule has 3 rings (SSSR count). The Morgan fingerprint density at radius 2 is 1.62 bits per heavy atom. The summed E-state index contributed by atoms with van der Waals surface area (Å²) in [5.74, 6) is -0.485. The SMILES string of the molecule is O=C1c2cccc(Cl)c2C(=O)c2c(NCCO)cccc21. The van der Waals surface area contributed by atoms with E-state index in [0.29, 0.717) is 28.9 Å². The van der Waals surface area contributed by atoms with Gasteiger partial charge in [-0.1, -0.05) is 35.9 Å². The molecule has 0 saturated heterocycles. The molecule has 4 nitrogen and oxygen atoms in total. The van der Waals surface area contributed by atoms with Crippen molar-refractivity contribution in [3.05, 3.63) is 63.7 Å². The fraction of sp³-hybridized carbons (Fsp3) is 0.125. The standard InChI is InChI=1S/C16H12ClNO3/c17-11-5-1-3-9-13(11)16(21)14-10(15(9)20)4-2-6-12(14)18-7-8-19/h1-6,18-19H,7-8H2. The molecule has 5 heteroatoms. The molecule has 0 radical (unpaired) electrons. The van der Waals surface area contributed by atoms with Crippen molar-refractivity contribution in [2.24, 2.45) is 0 Å². The minimum atomic E-state index is -0.272. The molecule has 106 valence electrons. The second kappa shape index (κ2) is 5.31. The van der Waals surface area contributed by atoms with Gasteiger partial charge in [0.25, 0.3) is 0 Å². The van der Waals surface area contributed by atoms with Crippen molar-refractivity contribution in [2.45, 2.75) is 0 Å². The second-order valence-corrected chi connectivity index (χ2v) is 5.11. The van der Waals surface area contributed by atoms with Gasteiger partial charge in [0.1, 0.15) is 0 Å². The molecule has 0 saturated carbocycles. The van der Waals surface area contributed by atoms with E-state index in [4.69, 9.17) is 16.7 Å². The first-order valence-electron chi connectivity index (χ1n) is 6.51. The highest BCUT2D eigenvalue weighted by atomic mass is 35.5. The Kier molecular flexibility index (Phi) is 3.49. The van der Waals surface area contributed by atoms with Crippen LogP contribution in [0, 0.1) is 0 Å². The largest absolute Gasteiger partial charge is 0.395 e. The van der Waals surface area contributed by atoms with E-state index in [0.717, 1.165) is 0 Å². The Bertz CT molecular complexity index is 755. The number of carbonyl (C=O) groups excluding carboxylic acids is 2. The van der Waals surface area contributed by atoms with Gasteiger partial charge in [0.15, 0.2) is 11.6 Å². The van der Waals surface area contributed by atoms with Gasteiger partial charge in [-0.05, 0) is 12.1 Å². The molecule has 21 heavy (non-hydrogen) atoms. The lowest BCUT2D eigenvalue weighted by Crippen LogP contribution is -2.23. The van der Waals surface area contributed by atoms with Gasteiger partial charge < -0.3 is 10.4 Å². The molecule has 0 spiro atoms. The minimum absolute atomic E-state index is 0.0663. The molecule has 0 unspecified atom stereocenters. The van der Waals surface area contributed by atoms with E-state index in [2.05, 4.69) is 5.32 Å². The maximum Gasteiger partial charge on any atom is 0.198 e. The smallest absolute Gasteiger partial charge is 0.198 e. The fourth-order valence-electron chi connectivity index (χ4n) is 2.54. The number of hydrogen-bond donors (Lipinski definition) is 2. The van der Waals surface area contributed by atoms with Crippen LogP contribution in [0.3, 0.4) is 0 Å². The summed E-state index contributed by atoms with van der Waals surface area (Å²) in [6, 6.07) is 9.91. The number of ketones is 2. The van der Waals surface area contributed by atoms with E-state index in [9.17, 15) is 9.59 Å². The molecule has 0 fully saturated rings. The zero-order valence-corrected chi connectivity index (χ0v) is 11.8. The lowest BCUT2D eigenvalue weighted by molar-refractivity contribution is 0.0979. The summed E-state index contributed by atoms with van der Waals surface area (Å²) in [6.07, 6.45) is 0. The number of aliphatic hydroxyl groups is 1. The van der Waals surface area contributed by atoms with Crippen molar-refractivity contribution in [3.63, 3.8) is 0 Å². The number of rotatable bonds is 3. The van der Waals surface area contributed by atoms with Crippen LogP contribution in [-0.4, -0.2) is 29.8 Å².